The second-order valence-electron chi connectivity index (χ2n) is 3.86. The minimum Gasteiger partial charge on any atom is -0.392 e. The van der Waals surface area contributed by atoms with E-state index in [1.54, 1.807) is 6.21 Å². The summed E-state index contributed by atoms with van der Waals surface area (Å²) in [6, 6.07) is 0. The first-order valence-corrected chi connectivity index (χ1v) is 5.29. The van der Waals surface area contributed by atoms with Crippen LogP contribution in [0.4, 0.5) is 0 Å². The molecule has 2 heterocycles. The monoisotopic (exact) mass is 226 g/mol. The Hall–Kier alpha value is -1.27. The molecule has 2 unspecified atom stereocenters. The standard InChI is InChI=1S/C10H14N2O4/c13-5-8-3-9(12-16-8)10(14)11-4-7-1-2-15-6-7/h4,7-8,13H,1-3,5-6H2. The average molecular weight is 226 g/mol. The van der Waals surface area contributed by atoms with Crippen LogP contribution in [0.1, 0.15) is 12.8 Å². The van der Waals surface area contributed by atoms with E-state index in [2.05, 4.69) is 10.1 Å². The smallest absolute Gasteiger partial charge is 0.294 e. The second kappa shape index (κ2) is 5.18. The van der Waals surface area contributed by atoms with Crippen molar-refractivity contribution in [3.8, 4) is 0 Å². The van der Waals surface area contributed by atoms with Gasteiger partial charge in [0.2, 0.25) is 0 Å². The maximum Gasteiger partial charge on any atom is 0.294 e. The summed E-state index contributed by atoms with van der Waals surface area (Å²) in [5.41, 5.74) is 0.272. The zero-order valence-electron chi connectivity index (χ0n) is 8.83. The summed E-state index contributed by atoms with van der Waals surface area (Å²) in [6.07, 6.45) is 2.45. The van der Waals surface area contributed by atoms with Crippen molar-refractivity contribution in [3.05, 3.63) is 0 Å². The third-order valence-electron chi connectivity index (χ3n) is 2.55. The van der Waals surface area contributed by atoms with E-state index in [4.69, 9.17) is 14.7 Å². The van der Waals surface area contributed by atoms with Crippen LogP contribution in [-0.2, 0) is 14.4 Å². The van der Waals surface area contributed by atoms with Gasteiger partial charge in [0.15, 0.2) is 11.8 Å². The number of aliphatic hydroxyl groups excluding tert-OH is 1. The summed E-state index contributed by atoms with van der Waals surface area (Å²) in [6.45, 7) is 1.21. The van der Waals surface area contributed by atoms with Crippen LogP contribution in [0.15, 0.2) is 10.1 Å². The number of aliphatic imine (C=N–C) groups is 1. The summed E-state index contributed by atoms with van der Waals surface area (Å²) in [5, 5.41) is 12.4. The summed E-state index contributed by atoms with van der Waals surface area (Å²) in [4.78, 5) is 20.2. The highest BCUT2D eigenvalue weighted by atomic mass is 16.6. The molecule has 0 aliphatic carbocycles. The molecule has 0 aromatic carbocycles. The van der Waals surface area contributed by atoms with Crippen LogP contribution in [0.2, 0.25) is 0 Å². The van der Waals surface area contributed by atoms with Gasteiger partial charge < -0.3 is 14.7 Å². The Morgan fingerprint density at radius 2 is 2.56 bits per heavy atom. The SMILES string of the molecule is O=C(N=CC1CCOC1)C1=NOC(CO)C1. The number of hydrogen-bond acceptors (Lipinski definition) is 5. The molecule has 16 heavy (non-hydrogen) atoms. The van der Waals surface area contributed by atoms with Gasteiger partial charge in [0.25, 0.3) is 5.91 Å². The van der Waals surface area contributed by atoms with Crippen molar-refractivity contribution < 1.29 is 19.5 Å². The van der Waals surface area contributed by atoms with Crippen LogP contribution in [0.5, 0.6) is 0 Å². The molecule has 2 aliphatic heterocycles. The molecule has 2 atom stereocenters. The van der Waals surface area contributed by atoms with Gasteiger partial charge in [-0.2, -0.15) is 0 Å². The molecule has 1 amide bonds. The number of amides is 1. The van der Waals surface area contributed by atoms with Crippen LogP contribution in [-0.4, -0.2) is 48.9 Å². The Bertz CT molecular complexity index is 321. The number of carbonyl (C=O) groups excluding carboxylic acids is 1. The number of carbonyl (C=O) groups is 1. The van der Waals surface area contributed by atoms with Crippen molar-refractivity contribution in [2.24, 2.45) is 16.1 Å². The number of rotatable bonds is 3. The lowest BCUT2D eigenvalue weighted by Gasteiger charge is -2.00. The largest absolute Gasteiger partial charge is 0.392 e. The number of hydrogen-bond donors (Lipinski definition) is 1. The topological polar surface area (TPSA) is 80.5 Å². The molecule has 0 bridgehead atoms. The quantitative estimate of drug-likeness (QED) is 0.673. The summed E-state index contributed by atoms with van der Waals surface area (Å²) >= 11 is 0. The summed E-state index contributed by atoms with van der Waals surface area (Å²) < 4.78 is 5.16. The molecule has 1 saturated heterocycles. The zero-order valence-corrected chi connectivity index (χ0v) is 8.83. The minimum atomic E-state index is -0.399. The first-order valence-electron chi connectivity index (χ1n) is 5.29. The van der Waals surface area contributed by atoms with E-state index < -0.39 is 6.10 Å². The lowest BCUT2D eigenvalue weighted by Crippen LogP contribution is -2.17. The third-order valence-corrected chi connectivity index (χ3v) is 2.55. The van der Waals surface area contributed by atoms with Crippen molar-refractivity contribution in [2.45, 2.75) is 18.9 Å². The maximum atomic E-state index is 11.5. The lowest BCUT2D eigenvalue weighted by atomic mass is 10.1. The van der Waals surface area contributed by atoms with Gasteiger partial charge in [0.1, 0.15) is 0 Å². The lowest BCUT2D eigenvalue weighted by molar-refractivity contribution is -0.111. The molecular formula is C10H14N2O4. The highest BCUT2D eigenvalue weighted by Gasteiger charge is 2.25. The van der Waals surface area contributed by atoms with Crippen molar-refractivity contribution >= 4 is 17.8 Å². The predicted molar refractivity (Wildman–Crippen MR) is 56.4 cm³/mol. The average Bonchev–Trinajstić information content (AvgIpc) is 2.96. The molecular weight excluding hydrogens is 212 g/mol. The van der Waals surface area contributed by atoms with Gasteiger partial charge in [-0.1, -0.05) is 5.16 Å². The molecule has 0 aromatic heterocycles. The van der Waals surface area contributed by atoms with Crippen LogP contribution in [0.3, 0.4) is 0 Å². The van der Waals surface area contributed by atoms with Crippen LogP contribution in [0.25, 0.3) is 0 Å². The highest BCUT2D eigenvalue weighted by Crippen LogP contribution is 2.12. The third kappa shape index (κ3) is 2.65. The first-order chi connectivity index (χ1) is 7.79. The van der Waals surface area contributed by atoms with E-state index in [9.17, 15) is 4.79 Å². The van der Waals surface area contributed by atoms with E-state index >= 15 is 0 Å². The van der Waals surface area contributed by atoms with E-state index in [0.717, 1.165) is 13.0 Å². The Kier molecular flexibility index (Phi) is 3.63. The van der Waals surface area contributed by atoms with Crippen molar-refractivity contribution in [2.75, 3.05) is 19.8 Å². The number of aliphatic hydroxyl groups is 1. The molecule has 6 heteroatoms. The van der Waals surface area contributed by atoms with Crippen LogP contribution < -0.4 is 0 Å². The summed E-state index contributed by atoms with van der Waals surface area (Å²) in [7, 11) is 0. The molecule has 2 rings (SSSR count). The van der Waals surface area contributed by atoms with Crippen molar-refractivity contribution in [1.29, 1.82) is 0 Å². The number of nitrogens with zero attached hydrogens (tertiary/aromatic N) is 2. The molecule has 6 nitrogen and oxygen atoms in total. The molecule has 0 aromatic rings. The van der Waals surface area contributed by atoms with Gasteiger partial charge >= 0.3 is 0 Å². The van der Waals surface area contributed by atoms with Gasteiger partial charge in [-0.15, -0.1) is 0 Å². The molecule has 2 aliphatic rings. The molecule has 1 N–H and O–H groups in total. The van der Waals surface area contributed by atoms with E-state index in [0.29, 0.717) is 13.0 Å². The maximum absolute atomic E-state index is 11.5. The summed E-state index contributed by atoms with van der Waals surface area (Å²) in [5.74, 6) is -0.164. The van der Waals surface area contributed by atoms with Gasteiger partial charge in [-0.3, -0.25) is 4.79 Å². The van der Waals surface area contributed by atoms with Gasteiger partial charge in [-0.25, -0.2) is 4.99 Å². The molecule has 0 radical (unpaired) electrons. The fourth-order valence-electron chi connectivity index (χ4n) is 1.57. The number of ether oxygens (including phenoxy) is 1. The van der Waals surface area contributed by atoms with Crippen LogP contribution >= 0.6 is 0 Å². The Morgan fingerprint density at radius 3 is 3.19 bits per heavy atom. The van der Waals surface area contributed by atoms with Crippen molar-refractivity contribution in [1.82, 2.24) is 0 Å². The van der Waals surface area contributed by atoms with Gasteiger partial charge in [-0.05, 0) is 6.42 Å². The second-order valence-corrected chi connectivity index (χ2v) is 3.86. The zero-order chi connectivity index (χ0) is 11.4. The Balaban J connectivity index is 1.84. The fraction of sp³-hybridized carbons (Fsp3) is 0.700. The molecule has 1 fully saturated rings. The first kappa shape index (κ1) is 11.2. The Labute approximate surface area is 92.9 Å². The van der Waals surface area contributed by atoms with E-state index in [-0.39, 0.29) is 24.1 Å². The predicted octanol–water partition coefficient (Wildman–Crippen LogP) is -0.243. The van der Waals surface area contributed by atoms with Gasteiger partial charge in [0, 0.05) is 25.2 Å². The minimum absolute atomic E-state index is 0.138. The van der Waals surface area contributed by atoms with E-state index in [1.807, 2.05) is 0 Å². The fourth-order valence-corrected chi connectivity index (χ4v) is 1.57. The normalized spacial score (nSPS) is 29.4. The van der Waals surface area contributed by atoms with Crippen LogP contribution in [0, 0.1) is 5.92 Å². The van der Waals surface area contributed by atoms with Gasteiger partial charge in [0.05, 0.1) is 13.2 Å². The van der Waals surface area contributed by atoms with E-state index in [1.165, 1.54) is 0 Å². The van der Waals surface area contributed by atoms with Crippen molar-refractivity contribution in [3.63, 3.8) is 0 Å². The molecule has 88 valence electrons. The highest BCUT2D eigenvalue weighted by molar-refractivity contribution is 6.40. The Morgan fingerprint density at radius 1 is 1.69 bits per heavy atom. The molecule has 0 spiro atoms. The number of oxime groups is 1. The molecule has 0 saturated carbocycles.